The lowest BCUT2D eigenvalue weighted by atomic mass is 10.1. The quantitative estimate of drug-likeness (QED) is 0.0579. The van der Waals surface area contributed by atoms with Gasteiger partial charge in [0, 0.05) is 49.6 Å². The number of carboxylic acids is 5. The average molecular weight is 840 g/mol. The molecule has 1 aromatic carbocycles. The van der Waals surface area contributed by atoms with E-state index in [1.807, 2.05) is 20.4 Å². The molecule has 1 fully saturated rings. The number of fused-ring (bicyclic) bond motifs is 3. The summed E-state index contributed by atoms with van der Waals surface area (Å²) in [5.74, 6) is -12.4. The minimum Gasteiger partial charge on any atom is -0.550 e. The van der Waals surface area contributed by atoms with Crippen LogP contribution in [-0.2, 0) is 38.4 Å². The largest absolute Gasteiger partial charge is 0.550 e. The van der Waals surface area contributed by atoms with Crippen molar-refractivity contribution >= 4 is 76.6 Å². The third kappa shape index (κ3) is 12.5. The Balaban J connectivity index is 1.23. The fraction of sp³-hybridized carbons (Fsp3) is 0.457. The number of aromatic amines is 1. The summed E-state index contributed by atoms with van der Waals surface area (Å²) in [4.78, 5) is 130. The molecule has 4 amide bonds. The zero-order valence-electron chi connectivity index (χ0n) is 31.5. The number of hydrogen-bond donors (Lipinski definition) is 7. The highest BCUT2D eigenvalue weighted by atomic mass is 16.4. The molecule has 2 aromatic rings. The monoisotopic (exact) mass is 839 g/mol. The van der Waals surface area contributed by atoms with Gasteiger partial charge in [0.1, 0.15) is 5.69 Å². The van der Waals surface area contributed by atoms with Gasteiger partial charge in [-0.15, -0.1) is 0 Å². The molecule has 25 heteroatoms. The summed E-state index contributed by atoms with van der Waals surface area (Å²) in [6, 6.07) is -1.01. The number of hydrogen-bond acceptors (Lipinski definition) is 20. The molecule has 3 heterocycles. The number of carbonyl (C=O) groups excluding carboxylic acids is 9. The van der Waals surface area contributed by atoms with Crippen LogP contribution in [-0.4, -0.2) is 113 Å². The van der Waals surface area contributed by atoms with Gasteiger partial charge in [-0.05, 0) is 56.4 Å². The van der Waals surface area contributed by atoms with Gasteiger partial charge in [0.15, 0.2) is 5.82 Å². The molecular formula is C35H39N10O15-5. The average Bonchev–Trinajstić information content (AvgIpc) is 3.62. The molecule has 0 radical (unpaired) electrons. The first kappa shape index (κ1) is 45.2. The Kier molecular flexibility index (Phi) is 15.3. The van der Waals surface area contributed by atoms with Gasteiger partial charge in [0.2, 0.25) is 23.7 Å². The second-order valence-corrected chi connectivity index (χ2v) is 13.8. The van der Waals surface area contributed by atoms with Crippen LogP contribution in [0.5, 0.6) is 0 Å². The van der Waals surface area contributed by atoms with Gasteiger partial charge in [-0.1, -0.05) is 0 Å². The van der Waals surface area contributed by atoms with Gasteiger partial charge >= 0.3 is 0 Å². The minimum absolute atomic E-state index is 0.0257. The predicted molar refractivity (Wildman–Crippen MR) is 192 cm³/mol. The number of nitrogens with one attached hydrogen (secondary N) is 6. The highest BCUT2D eigenvalue weighted by molar-refractivity contribution is 5.97. The van der Waals surface area contributed by atoms with Crippen LogP contribution in [0.15, 0.2) is 29.1 Å². The van der Waals surface area contributed by atoms with E-state index in [9.17, 15) is 73.5 Å². The molecular weight excluding hydrogens is 800 g/mol. The van der Waals surface area contributed by atoms with Gasteiger partial charge in [0.25, 0.3) is 11.5 Å². The molecule has 324 valence electrons. The maximum Gasteiger partial charge on any atom is 0.278 e. The summed E-state index contributed by atoms with van der Waals surface area (Å²) < 4.78 is 0. The Morgan fingerprint density at radius 2 is 1.15 bits per heavy atom. The first-order valence-electron chi connectivity index (χ1n) is 18.3. The molecule has 0 bridgehead atoms. The van der Waals surface area contributed by atoms with E-state index in [1.54, 1.807) is 12.1 Å². The van der Waals surface area contributed by atoms with E-state index < -0.39 is 135 Å². The zero-order chi connectivity index (χ0) is 44.3. The molecule has 60 heavy (non-hydrogen) atoms. The third-order valence-corrected chi connectivity index (χ3v) is 9.46. The van der Waals surface area contributed by atoms with E-state index in [0.717, 1.165) is 0 Å². The maximum absolute atomic E-state index is 12.9. The molecule has 2 aliphatic heterocycles. The van der Waals surface area contributed by atoms with Gasteiger partial charge in [-0.2, -0.15) is 4.98 Å². The van der Waals surface area contributed by atoms with Crippen LogP contribution in [0.25, 0.3) is 0 Å². The van der Waals surface area contributed by atoms with Gasteiger partial charge < -0.3 is 91.6 Å². The number of nitrogen functional groups attached to an aromatic ring is 1. The summed E-state index contributed by atoms with van der Waals surface area (Å²) in [7, 11) is 0. The molecule has 0 unspecified atom stereocenters. The normalized spacial score (nSPS) is 16.0. The van der Waals surface area contributed by atoms with Crippen LogP contribution in [0, 0.1) is 0 Å². The number of amides is 4. The van der Waals surface area contributed by atoms with Crippen LogP contribution in [0.2, 0.25) is 0 Å². The van der Waals surface area contributed by atoms with E-state index in [4.69, 9.17) is 5.73 Å². The molecule has 2 aliphatic rings. The first-order chi connectivity index (χ1) is 28.3. The van der Waals surface area contributed by atoms with E-state index in [-0.39, 0.29) is 17.6 Å². The van der Waals surface area contributed by atoms with Crippen LogP contribution in [0.4, 0.5) is 23.1 Å². The molecule has 25 nitrogen and oxygen atoms in total. The molecule has 0 aliphatic carbocycles. The summed E-state index contributed by atoms with van der Waals surface area (Å²) in [6.07, 6.45) is -5.09. The van der Waals surface area contributed by atoms with Crippen molar-refractivity contribution in [3.8, 4) is 0 Å². The number of benzene rings is 1. The van der Waals surface area contributed by atoms with Crippen molar-refractivity contribution in [2.75, 3.05) is 40.6 Å². The third-order valence-electron chi connectivity index (χ3n) is 9.46. The molecule has 0 spiro atoms. The molecule has 8 N–H and O–H groups in total. The Bertz CT molecular complexity index is 2060. The number of aliphatic carboxylic acids is 5. The van der Waals surface area contributed by atoms with Crippen molar-refractivity contribution in [2.45, 2.75) is 81.6 Å². The Labute approximate surface area is 338 Å². The highest BCUT2D eigenvalue weighted by Gasteiger charge is 2.37. The molecule has 1 aromatic heterocycles. The summed E-state index contributed by atoms with van der Waals surface area (Å²) in [6.45, 7) is 1.33. The summed E-state index contributed by atoms with van der Waals surface area (Å²) in [5, 5.41) is 68.1. The second kappa shape index (κ2) is 20.3. The maximum atomic E-state index is 12.9. The second-order valence-electron chi connectivity index (χ2n) is 13.8. The molecule has 5 atom stereocenters. The molecule has 4 rings (SSSR count). The SMILES string of the molecule is Nc1nc2c(c(=O)[nH]1)N1CN(c3ccc(C(=O)N[C@@H](CCC(=O)N[C@@H](CCC(=O)N[C@@H](CCC(=O)N[C@@H](CCC(=O)[O-])C(=O)[O-])C(=O)[O-])C(=O)[O-])C(=O)[O-])cc3)C[C@H]1CN2. The number of nitrogens with two attached hydrogens (primary N) is 1. The lowest BCUT2D eigenvalue weighted by molar-refractivity contribution is -0.311. The van der Waals surface area contributed by atoms with Crippen molar-refractivity contribution in [2.24, 2.45) is 0 Å². The van der Waals surface area contributed by atoms with Crippen molar-refractivity contribution in [1.29, 1.82) is 0 Å². The lowest BCUT2D eigenvalue weighted by Crippen LogP contribution is -2.51. The minimum atomic E-state index is -1.85. The van der Waals surface area contributed by atoms with Gasteiger partial charge in [-0.25, -0.2) is 0 Å². The fourth-order valence-corrected chi connectivity index (χ4v) is 6.36. The lowest BCUT2D eigenvalue weighted by Gasteiger charge is -2.31. The Hall–Kier alpha value is -7.47. The van der Waals surface area contributed by atoms with Crippen molar-refractivity contribution < 1.29 is 68.7 Å². The van der Waals surface area contributed by atoms with Crippen molar-refractivity contribution in [3.63, 3.8) is 0 Å². The number of carboxylic acid groups (broad SMARTS) is 5. The van der Waals surface area contributed by atoms with Crippen LogP contribution in [0.1, 0.15) is 61.7 Å². The number of H-pyrrole nitrogens is 1. The van der Waals surface area contributed by atoms with Crippen LogP contribution in [0.3, 0.4) is 0 Å². The summed E-state index contributed by atoms with van der Waals surface area (Å²) >= 11 is 0. The van der Waals surface area contributed by atoms with Gasteiger partial charge in [-0.3, -0.25) is 29.0 Å². The Morgan fingerprint density at radius 3 is 1.60 bits per heavy atom. The Morgan fingerprint density at radius 1 is 0.700 bits per heavy atom. The van der Waals surface area contributed by atoms with Gasteiger partial charge in [0.05, 0.1) is 60.8 Å². The number of anilines is 4. The standard InChI is InChI=1S/C35H44N10O15/c36-35-42-28-27(30(52)43-35)45-15-44(14-18(45)13-37-28)17-3-1-16(2-4-17)29(51)41-22(34(59)60)7-11-25(48)39-20(32(55)56)5-9-23(46)38-19(31(53)54)6-10-24(47)40-21(33(57)58)8-12-26(49)50/h1-4,18-22H,5-15H2,(H,38,46)(H,39,48)(H,40,47)(H,41,51)(H,49,50)(H,53,54)(H,55,56)(H,57,58)(H,59,60)(H4,36,37,42,43,52)/p-5/t18-,19+,20+,21+,22+/m1/s1. The summed E-state index contributed by atoms with van der Waals surface area (Å²) in [5.41, 5.74) is 6.34. The van der Waals surface area contributed by atoms with E-state index >= 15 is 0 Å². The number of nitrogens with zero attached hydrogens (tertiary/aromatic N) is 3. The molecule has 1 saturated heterocycles. The van der Waals surface area contributed by atoms with E-state index in [1.165, 1.54) is 12.1 Å². The predicted octanol–water partition coefficient (Wildman–Crippen LogP) is -9.15. The smallest absolute Gasteiger partial charge is 0.278 e. The number of carbonyl (C=O) groups is 9. The first-order valence-corrected chi connectivity index (χ1v) is 18.3. The van der Waals surface area contributed by atoms with Crippen LogP contribution < -0.4 is 73.2 Å². The topological polar surface area (TPSA) is 407 Å². The fourth-order valence-electron chi connectivity index (χ4n) is 6.36. The number of rotatable bonds is 22. The van der Waals surface area contributed by atoms with E-state index in [2.05, 4.69) is 25.9 Å². The van der Waals surface area contributed by atoms with Crippen LogP contribution >= 0.6 is 0 Å². The van der Waals surface area contributed by atoms with Crippen molar-refractivity contribution in [1.82, 2.24) is 31.2 Å². The molecule has 0 saturated carbocycles. The number of aromatic nitrogens is 2. The highest BCUT2D eigenvalue weighted by Crippen LogP contribution is 2.32. The van der Waals surface area contributed by atoms with E-state index in [0.29, 0.717) is 37.0 Å². The zero-order valence-corrected chi connectivity index (χ0v) is 31.5. The van der Waals surface area contributed by atoms with Crippen molar-refractivity contribution in [3.05, 3.63) is 40.2 Å².